The van der Waals surface area contributed by atoms with Gasteiger partial charge in [0.05, 0.1) is 5.69 Å². The molecule has 0 aliphatic carbocycles. The molecule has 1 aromatic heterocycles. The lowest BCUT2D eigenvalue weighted by Crippen LogP contribution is -1.99. The number of rotatable bonds is 6. The average Bonchev–Trinajstić information content (AvgIpc) is 2.86. The molecule has 18 heavy (non-hydrogen) atoms. The lowest BCUT2D eigenvalue weighted by molar-refractivity contribution is 0.302. The standard InChI is InChI=1S/C14H18N2OS/c1-2-3-11-4-6-13(7-5-11)17-9-12-10-18-14(8-15)16-12/h4-7,10H,2-3,8-9,15H2,1H3. The number of aromatic nitrogens is 1. The summed E-state index contributed by atoms with van der Waals surface area (Å²) in [6.07, 6.45) is 2.28. The summed E-state index contributed by atoms with van der Waals surface area (Å²) in [7, 11) is 0. The Balaban J connectivity index is 1.89. The van der Waals surface area contributed by atoms with Crippen molar-refractivity contribution in [1.82, 2.24) is 4.98 Å². The van der Waals surface area contributed by atoms with Gasteiger partial charge in [0, 0.05) is 11.9 Å². The van der Waals surface area contributed by atoms with E-state index >= 15 is 0 Å². The van der Waals surface area contributed by atoms with Crippen molar-refractivity contribution in [1.29, 1.82) is 0 Å². The Hall–Kier alpha value is -1.39. The van der Waals surface area contributed by atoms with E-state index in [1.165, 1.54) is 12.0 Å². The minimum atomic E-state index is 0.496. The van der Waals surface area contributed by atoms with Crippen LogP contribution in [-0.2, 0) is 19.6 Å². The summed E-state index contributed by atoms with van der Waals surface area (Å²) < 4.78 is 5.69. The topological polar surface area (TPSA) is 48.1 Å². The second kappa shape index (κ2) is 6.52. The van der Waals surface area contributed by atoms with E-state index < -0.39 is 0 Å². The molecule has 2 rings (SSSR count). The van der Waals surface area contributed by atoms with Gasteiger partial charge in [-0.15, -0.1) is 11.3 Å². The average molecular weight is 262 g/mol. The summed E-state index contributed by atoms with van der Waals surface area (Å²) in [5.74, 6) is 0.886. The van der Waals surface area contributed by atoms with Crippen LogP contribution >= 0.6 is 11.3 Å². The van der Waals surface area contributed by atoms with Crippen LogP contribution in [0.25, 0.3) is 0 Å². The third kappa shape index (κ3) is 3.55. The molecular weight excluding hydrogens is 244 g/mol. The van der Waals surface area contributed by atoms with Crippen molar-refractivity contribution >= 4 is 11.3 Å². The molecule has 0 bridgehead atoms. The van der Waals surface area contributed by atoms with Gasteiger partial charge in [0.25, 0.3) is 0 Å². The van der Waals surface area contributed by atoms with E-state index in [2.05, 4.69) is 24.0 Å². The quantitative estimate of drug-likeness (QED) is 0.870. The van der Waals surface area contributed by atoms with Crippen molar-refractivity contribution < 1.29 is 4.74 Å². The molecule has 0 aliphatic heterocycles. The molecule has 3 nitrogen and oxygen atoms in total. The number of thiazole rings is 1. The lowest BCUT2D eigenvalue weighted by Gasteiger charge is -2.05. The molecule has 1 heterocycles. The van der Waals surface area contributed by atoms with E-state index in [0.29, 0.717) is 13.2 Å². The third-order valence-electron chi connectivity index (χ3n) is 2.62. The van der Waals surface area contributed by atoms with Crippen molar-refractivity contribution in [3.63, 3.8) is 0 Å². The van der Waals surface area contributed by atoms with Gasteiger partial charge in [-0.3, -0.25) is 0 Å². The van der Waals surface area contributed by atoms with E-state index in [1.807, 2.05) is 17.5 Å². The minimum absolute atomic E-state index is 0.496. The minimum Gasteiger partial charge on any atom is -0.487 e. The molecular formula is C14H18N2OS. The molecule has 0 spiro atoms. The SMILES string of the molecule is CCCc1ccc(OCc2csc(CN)n2)cc1. The lowest BCUT2D eigenvalue weighted by atomic mass is 10.1. The summed E-state index contributed by atoms with van der Waals surface area (Å²) in [6, 6.07) is 8.26. The van der Waals surface area contributed by atoms with Crippen LogP contribution in [0.4, 0.5) is 0 Å². The van der Waals surface area contributed by atoms with Crippen molar-refractivity contribution in [3.05, 3.63) is 45.9 Å². The van der Waals surface area contributed by atoms with E-state index in [1.54, 1.807) is 11.3 Å². The van der Waals surface area contributed by atoms with Crippen LogP contribution in [0.1, 0.15) is 29.6 Å². The van der Waals surface area contributed by atoms with Gasteiger partial charge in [-0.05, 0) is 24.1 Å². The summed E-state index contributed by atoms with van der Waals surface area (Å²) in [6.45, 7) is 3.18. The molecule has 1 aromatic carbocycles. The predicted molar refractivity (Wildman–Crippen MR) is 74.8 cm³/mol. The Morgan fingerprint density at radius 3 is 2.67 bits per heavy atom. The first-order valence-corrected chi connectivity index (χ1v) is 7.05. The number of aryl methyl sites for hydroxylation is 1. The molecule has 96 valence electrons. The van der Waals surface area contributed by atoms with Gasteiger partial charge in [-0.2, -0.15) is 0 Å². The number of hydrogen-bond donors (Lipinski definition) is 1. The normalized spacial score (nSPS) is 10.6. The number of ether oxygens (including phenoxy) is 1. The summed E-state index contributed by atoms with van der Waals surface area (Å²) in [5.41, 5.74) is 7.82. The first-order chi connectivity index (χ1) is 8.81. The molecule has 2 aromatic rings. The molecule has 4 heteroatoms. The van der Waals surface area contributed by atoms with Crippen molar-refractivity contribution in [2.75, 3.05) is 0 Å². The zero-order valence-electron chi connectivity index (χ0n) is 10.6. The third-order valence-corrected chi connectivity index (χ3v) is 3.54. The molecule has 0 saturated heterocycles. The van der Waals surface area contributed by atoms with Crippen molar-refractivity contribution in [3.8, 4) is 5.75 Å². The fourth-order valence-corrected chi connectivity index (χ4v) is 2.37. The molecule has 0 saturated carbocycles. The Bertz CT molecular complexity index is 479. The highest BCUT2D eigenvalue weighted by molar-refractivity contribution is 7.09. The van der Waals surface area contributed by atoms with Crippen molar-refractivity contribution in [2.45, 2.75) is 32.9 Å². The molecule has 0 unspecified atom stereocenters. The summed E-state index contributed by atoms with van der Waals surface area (Å²) >= 11 is 1.58. The molecule has 0 radical (unpaired) electrons. The van der Waals surface area contributed by atoms with Crippen molar-refractivity contribution in [2.24, 2.45) is 5.73 Å². The highest BCUT2D eigenvalue weighted by Crippen LogP contribution is 2.16. The Labute approximate surface area is 112 Å². The zero-order valence-corrected chi connectivity index (χ0v) is 11.4. The predicted octanol–water partition coefficient (Wildman–Crippen LogP) is 3.13. The second-order valence-electron chi connectivity index (χ2n) is 4.12. The summed E-state index contributed by atoms with van der Waals surface area (Å²) in [4.78, 5) is 4.36. The maximum Gasteiger partial charge on any atom is 0.131 e. The first kappa shape index (κ1) is 13.1. The Morgan fingerprint density at radius 1 is 1.28 bits per heavy atom. The largest absolute Gasteiger partial charge is 0.487 e. The van der Waals surface area contributed by atoms with Gasteiger partial charge >= 0.3 is 0 Å². The fraction of sp³-hybridized carbons (Fsp3) is 0.357. The van der Waals surface area contributed by atoms with Crippen LogP contribution in [-0.4, -0.2) is 4.98 Å². The van der Waals surface area contributed by atoms with Crippen LogP contribution in [0.2, 0.25) is 0 Å². The summed E-state index contributed by atoms with van der Waals surface area (Å²) in [5, 5.41) is 2.94. The van der Waals surface area contributed by atoms with Gasteiger partial charge in [0.1, 0.15) is 17.4 Å². The Morgan fingerprint density at radius 2 is 2.06 bits per heavy atom. The van der Waals surface area contributed by atoms with E-state index in [4.69, 9.17) is 10.5 Å². The fourth-order valence-electron chi connectivity index (χ4n) is 1.71. The second-order valence-corrected chi connectivity index (χ2v) is 5.06. The maximum atomic E-state index is 5.69. The number of hydrogen-bond acceptors (Lipinski definition) is 4. The van der Waals surface area contributed by atoms with Crippen LogP contribution in [0.5, 0.6) is 5.75 Å². The monoisotopic (exact) mass is 262 g/mol. The van der Waals surface area contributed by atoms with Crippen LogP contribution in [0.15, 0.2) is 29.6 Å². The van der Waals surface area contributed by atoms with E-state index in [9.17, 15) is 0 Å². The van der Waals surface area contributed by atoms with Gasteiger partial charge in [0.15, 0.2) is 0 Å². The number of benzene rings is 1. The number of nitrogens with two attached hydrogens (primary N) is 1. The van der Waals surface area contributed by atoms with Gasteiger partial charge in [-0.25, -0.2) is 4.98 Å². The smallest absolute Gasteiger partial charge is 0.131 e. The van der Waals surface area contributed by atoms with Crippen LogP contribution in [0.3, 0.4) is 0 Å². The maximum absolute atomic E-state index is 5.69. The molecule has 0 amide bonds. The first-order valence-electron chi connectivity index (χ1n) is 6.17. The van der Waals surface area contributed by atoms with Crippen LogP contribution in [0, 0.1) is 0 Å². The van der Waals surface area contributed by atoms with Gasteiger partial charge < -0.3 is 10.5 Å². The molecule has 2 N–H and O–H groups in total. The highest BCUT2D eigenvalue weighted by Gasteiger charge is 2.01. The molecule has 0 atom stereocenters. The Kier molecular flexibility index (Phi) is 4.73. The number of nitrogens with zero attached hydrogens (tertiary/aromatic N) is 1. The van der Waals surface area contributed by atoms with Gasteiger partial charge in [-0.1, -0.05) is 25.5 Å². The molecule has 0 aliphatic rings. The van der Waals surface area contributed by atoms with Gasteiger partial charge in [0.2, 0.25) is 0 Å². The van der Waals surface area contributed by atoms with E-state index in [0.717, 1.165) is 22.9 Å². The van der Waals surface area contributed by atoms with E-state index in [-0.39, 0.29) is 0 Å². The van der Waals surface area contributed by atoms with Crippen LogP contribution < -0.4 is 10.5 Å². The zero-order chi connectivity index (χ0) is 12.8. The highest BCUT2D eigenvalue weighted by atomic mass is 32.1. The molecule has 0 fully saturated rings.